The number of nitrogens with zero attached hydrogens (tertiary/aromatic N) is 2. The minimum Gasteiger partial charge on any atom is -0.309 e. The average Bonchev–Trinajstić information content (AvgIpc) is 3.50. The number of rotatable bonds is 3. The van der Waals surface area contributed by atoms with Crippen molar-refractivity contribution < 1.29 is 0 Å². The molecule has 0 N–H and O–H groups in total. The molecule has 4 nitrogen and oxygen atoms in total. The van der Waals surface area contributed by atoms with Crippen molar-refractivity contribution in [3.8, 4) is 22.5 Å². The first-order valence-electron chi connectivity index (χ1n) is 17.8. The highest BCUT2D eigenvalue weighted by atomic mass is 16.2. The standard InChI is InChI=1S/C48H30N2O2/c51-47-38-19-5-4-18-35(38)37-25-26-42-45(39-20-6-7-22-41(39)49(42)33-15-2-1-3-16-33)46(37)48(52)50(47)34-17-9-13-31(27-34)40-28-32-14-8-11-29-23-24-30-12-10-21-36(40)44(30)43(29)32/h1-10,12-20,22-28H,11,21H2. The van der Waals surface area contributed by atoms with Crippen LogP contribution in [0.5, 0.6) is 0 Å². The minimum absolute atomic E-state index is 0.331. The van der Waals surface area contributed by atoms with Gasteiger partial charge < -0.3 is 4.57 Å². The van der Waals surface area contributed by atoms with Gasteiger partial charge in [0.1, 0.15) is 0 Å². The van der Waals surface area contributed by atoms with E-state index in [1.807, 2.05) is 78.9 Å². The lowest BCUT2D eigenvalue weighted by atomic mass is 9.81. The summed E-state index contributed by atoms with van der Waals surface area (Å²) in [6.45, 7) is 0. The molecule has 0 aliphatic heterocycles. The highest BCUT2D eigenvalue weighted by Crippen LogP contribution is 2.42. The Morgan fingerprint density at radius 2 is 1.19 bits per heavy atom. The van der Waals surface area contributed by atoms with E-state index < -0.39 is 0 Å². The maximum atomic E-state index is 15.3. The van der Waals surface area contributed by atoms with Crippen molar-refractivity contribution in [1.29, 1.82) is 0 Å². The Labute approximate surface area is 298 Å². The SMILES string of the molecule is O=c1c2ccccc2c2ccc3c(c4ccccc4n3-c3ccccc3)c2c(=O)n1-c1cccc(-c2cc3c4c(ccc5c4c2CC=C5)CC=C3)c1. The topological polar surface area (TPSA) is 44.0 Å². The summed E-state index contributed by atoms with van der Waals surface area (Å²) in [5.41, 5.74) is 10.0. The zero-order valence-corrected chi connectivity index (χ0v) is 28.1. The molecule has 0 spiro atoms. The summed E-state index contributed by atoms with van der Waals surface area (Å²) in [7, 11) is 0. The molecule has 2 aliphatic carbocycles. The predicted molar refractivity (Wildman–Crippen MR) is 216 cm³/mol. The number of fused-ring (bicyclic) bond motifs is 7. The minimum atomic E-state index is -0.332. The first-order chi connectivity index (χ1) is 25.7. The number of allylic oxidation sites excluding steroid dienone is 2. The zero-order valence-electron chi connectivity index (χ0n) is 28.1. The van der Waals surface area contributed by atoms with Crippen molar-refractivity contribution in [1.82, 2.24) is 9.13 Å². The van der Waals surface area contributed by atoms with E-state index in [0.29, 0.717) is 16.5 Å². The molecule has 2 aromatic heterocycles. The molecule has 2 aliphatic rings. The van der Waals surface area contributed by atoms with Crippen LogP contribution in [-0.2, 0) is 12.8 Å². The van der Waals surface area contributed by atoms with Gasteiger partial charge in [-0.1, -0.05) is 109 Å². The van der Waals surface area contributed by atoms with Gasteiger partial charge in [-0.15, -0.1) is 0 Å². The van der Waals surface area contributed by atoms with E-state index in [-0.39, 0.29) is 11.1 Å². The summed E-state index contributed by atoms with van der Waals surface area (Å²) in [6, 6.07) is 44.9. The summed E-state index contributed by atoms with van der Waals surface area (Å²) in [4.78, 5) is 30.1. The molecule has 0 amide bonds. The lowest BCUT2D eigenvalue weighted by molar-refractivity contribution is 0.977. The molecule has 11 rings (SSSR count). The van der Waals surface area contributed by atoms with Crippen LogP contribution >= 0.6 is 0 Å². The van der Waals surface area contributed by atoms with Crippen LogP contribution in [0, 0.1) is 0 Å². The fraction of sp³-hybridized carbons (Fsp3) is 0.0417. The van der Waals surface area contributed by atoms with Crippen LogP contribution < -0.4 is 11.1 Å². The summed E-state index contributed by atoms with van der Waals surface area (Å²) in [6.07, 6.45) is 10.7. The highest BCUT2D eigenvalue weighted by molar-refractivity contribution is 6.24. The van der Waals surface area contributed by atoms with Gasteiger partial charge in [-0.25, -0.2) is 4.57 Å². The van der Waals surface area contributed by atoms with E-state index >= 15 is 4.79 Å². The van der Waals surface area contributed by atoms with Crippen LogP contribution in [0.15, 0.2) is 155 Å². The van der Waals surface area contributed by atoms with Crippen LogP contribution in [-0.4, -0.2) is 9.13 Å². The Balaban J connectivity index is 1.25. The van der Waals surface area contributed by atoms with E-state index in [1.165, 1.54) is 37.6 Å². The van der Waals surface area contributed by atoms with Gasteiger partial charge in [0.2, 0.25) is 0 Å². The summed E-state index contributed by atoms with van der Waals surface area (Å²) >= 11 is 0. The summed E-state index contributed by atoms with van der Waals surface area (Å²) in [5.74, 6) is 0. The maximum Gasteiger partial charge on any atom is 0.266 e. The summed E-state index contributed by atoms with van der Waals surface area (Å²) in [5, 5.41) is 7.01. The van der Waals surface area contributed by atoms with E-state index in [2.05, 4.69) is 83.5 Å². The fourth-order valence-corrected chi connectivity index (χ4v) is 8.93. The van der Waals surface area contributed by atoms with E-state index in [0.717, 1.165) is 62.2 Å². The van der Waals surface area contributed by atoms with Crippen molar-refractivity contribution in [2.75, 3.05) is 0 Å². The van der Waals surface area contributed by atoms with E-state index in [1.54, 1.807) is 0 Å². The molecule has 0 saturated carbocycles. The number of para-hydroxylation sites is 2. The van der Waals surface area contributed by atoms with Gasteiger partial charge in [0.05, 0.1) is 22.1 Å². The number of aromatic nitrogens is 2. The Kier molecular flexibility index (Phi) is 6.06. The fourth-order valence-electron chi connectivity index (χ4n) is 8.93. The molecule has 9 aromatic rings. The van der Waals surface area contributed by atoms with Crippen molar-refractivity contribution >= 4 is 66.3 Å². The molecular weight excluding hydrogens is 637 g/mol. The van der Waals surface area contributed by atoms with Gasteiger partial charge in [0.15, 0.2) is 0 Å². The monoisotopic (exact) mass is 666 g/mol. The normalized spacial score (nSPS) is 13.2. The second-order valence-corrected chi connectivity index (χ2v) is 13.9. The molecular formula is C48H30N2O2. The van der Waals surface area contributed by atoms with E-state index in [9.17, 15) is 4.79 Å². The lowest BCUT2D eigenvalue weighted by Gasteiger charge is -2.23. The third-order valence-electron chi connectivity index (χ3n) is 11.1. The van der Waals surface area contributed by atoms with Crippen LogP contribution in [0.4, 0.5) is 0 Å². The second kappa shape index (κ2) is 10.9. The van der Waals surface area contributed by atoms with Crippen LogP contribution in [0.2, 0.25) is 0 Å². The molecule has 0 fully saturated rings. The number of hydrogen-bond acceptors (Lipinski definition) is 2. The van der Waals surface area contributed by atoms with Gasteiger partial charge >= 0.3 is 0 Å². The van der Waals surface area contributed by atoms with Crippen LogP contribution in [0.1, 0.15) is 22.3 Å². The number of hydrogen-bond donors (Lipinski definition) is 0. The van der Waals surface area contributed by atoms with Gasteiger partial charge in [0.25, 0.3) is 11.1 Å². The molecule has 2 heterocycles. The second-order valence-electron chi connectivity index (χ2n) is 13.9. The first kappa shape index (κ1) is 29.0. The lowest BCUT2D eigenvalue weighted by Crippen LogP contribution is -2.28. The van der Waals surface area contributed by atoms with Gasteiger partial charge in [-0.05, 0) is 116 Å². The van der Waals surface area contributed by atoms with Crippen molar-refractivity contribution in [3.05, 3.63) is 189 Å². The number of benzene rings is 7. The van der Waals surface area contributed by atoms with Crippen LogP contribution in [0.25, 0.3) is 88.8 Å². The maximum absolute atomic E-state index is 15.3. The first-order valence-corrected chi connectivity index (χ1v) is 17.8. The van der Waals surface area contributed by atoms with Crippen molar-refractivity contribution in [2.45, 2.75) is 12.8 Å². The highest BCUT2D eigenvalue weighted by Gasteiger charge is 2.23. The Hall–Kier alpha value is -6.78. The zero-order chi connectivity index (χ0) is 34.5. The Bertz CT molecular complexity index is 3220. The smallest absolute Gasteiger partial charge is 0.266 e. The quantitative estimate of drug-likeness (QED) is 0.188. The third kappa shape index (κ3) is 3.97. The molecule has 7 aromatic carbocycles. The molecule has 244 valence electrons. The van der Waals surface area contributed by atoms with Crippen LogP contribution in [0.3, 0.4) is 0 Å². The van der Waals surface area contributed by atoms with Crippen molar-refractivity contribution in [3.63, 3.8) is 0 Å². The molecule has 0 unspecified atom stereocenters. The molecule has 4 heteroatoms. The molecule has 0 saturated heterocycles. The average molecular weight is 667 g/mol. The van der Waals surface area contributed by atoms with Gasteiger partial charge in [-0.3, -0.25) is 9.59 Å². The molecule has 0 bridgehead atoms. The molecule has 0 radical (unpaired) electrons. The van der Waals surface area contributed by atoms with Crippen molar-refractivity contribution in [2.24, 2.45) is 0 Å². The predicted octanol–water partition coefficient (Wildman–Crippen LogP) is 10.6. The van der Waals surface area contributed by atoms with E-state index in [4.69, 9.17) is 0 Å². The van der Waals surface area contributed by atoms with Gasteiger partial charge in [0, 0.05) is 21.8 Å². The largest absolute Gasteiger partial charge is 0.309 e. The van der Waals surface area contributed by atoms with Gasteiger partial charge in [-0.2, -0.15) is 0 Å². The molecule has 52 heavy (non-hydrogen) atoms. The Morgan fingerprint density at radius 1 is 0.442 bits per heavy atom. The third-order valence-corrected chi connectivity index (χ3v) is 11.1. The Morgan fingerprint density at radius 3 is 2.08 bits per heavy atom. The molecule has 0 atom stereocenters. The summed E-state index contributed by atoms with van der Waals surface area (Å²) < 4.78 is 3.62.